The molecule has 0 saturated heterocycles. The summed E-state index contributed by atoms with van der Waals surface area (Å²) >= 11 is 1.38. The van der Waals surface area contributed by atoms with Crippen molar-refractivity contribution in [1.82, 2.24) is 5.32 Å². The lowest BCUT2D eigenvalue weighted by molar-refractivity contribution is -0.112. The molecule has 1 rings (SSSR count). The third-order valence-corrected chi connectivity index (χ3v) is 4.31. The highest BCUT2D eigenvalue weighted by molar-refractivity contribution is 8.14. The number of rotatable bonds is 3. The van der Waals surface area contributed by atoms with Gasteiger partial charge in [0.15, 0.2) is 0 Å². The molecule has 0 heterocycles. The minimum atomic E-state index is -0.538. The molecule has 19 heavy (non-hydrogen) atoms. The van der Waals surface area contributed by atoms with E-state index >= 15 is 0 Å². The number of hydrogen-bond donors (Lipinski definition) is 1. The van der Waals surface area contributed by atoms with E-state index in [0.717, 1.165) is 12.8 Å². The first-order chi connectivity index (χ1) is 8.78. The normalized spacial score (nSPS) is 18.7. The summed E-state index contributed by atoms with van der Waals surface area (Å²) in [6.45, 7) is 7.11. The zero-order chi connectivity index (χ0) is 14.5. The second-order valence-electron chi connectivity index (χ2n) is 6.06. The van der Waals surface area contributed by atoms with Gasteiger partial charge >= 0.3 is 6.09 Å². The highest BCUT2D eigenvalue weighted by Gasteiger charge is 2.24. The SMILES string of the molecule is C[C@H](NC(=O)OC(C)(C)C)C(=O)SC1CCCCC1. The molecule has 1 saturated carbocycles. The molecule has 1 aliphatic rings. The van der Waals surface area contributed by atoms with Gasteiger partial charge in [-0.15, -0.1) is 0 Å². The van der Waals surface area contributed by atoms with Crippen LogP contribution in [0.4, 0.5) is 4.79 Å². The van der Waals surface area contributed by atoms with Crippen LogP contribution in [0.3, 0.4) is 0 Å². The van der Waals surface area contributed by atoms with Gasteiger partial charge in [0.2, 0.25) is 5.12 Å². The molecule has 1 amide bonds. The summed E-state index contributed by atoms with van der Waals surface area (Å²) in [4.78, 5) is 23.6. The van der Waals surface area contributed by atoms with Gasteiger partial charge in [0.25, 0.3) is 0 Å². The maximum absolute atomic E-state index is 12.0. The van der Waals surface area contributed by atoms with Gasteiger partial charge < -0.3 is 10.1 Å². The molecule has 1 aliphatic carbocycles. The quantitative estimate of drug-likeness (QED) is 0.863. The van der Waals surface area contributed by atoms with Crippen LogP contribution in [0.25, 0.3) is 0 Å². The van der Waals surface area contributed by atoms with Crippen molar-refractivity contribution in [3.63, 3.8) is 0 Å². The largest absolute Gasteiger partial charge is 0.444 e. The fraction of sp³-hybridized carbons (Fsp3) is 0.857. The van der Waals surface area contributed by atoms with E-state index in [0.29, 0.717) is 5.25 Å². The number of thioether (sulfide) groups is 1. The maximum atomic E-state index is 12.0. The van der Waals surface area contributed by atoms with E-state index in [4.69, 9.17) is 4.74 Å². The molecular formula is C14H25NO3S. The van der Waals surface area contributed by atoms with Gasteiger partial charge in [0.05, 0.1) is 6.04 Å². The summed E-state index contributed by atoms with van der Waals surface area (Å²) in [5, 5.41) is 3.04. The van der Waals surface area contributed by atoms with E-state index in [2.05, 4.69) is 5.32 Å². The van der Waals surface area contributed by atoms with Crippen LogP contribution in [-0.2, 0) is 9.53 Å². The third kappa shape index (κ3) is 6.85. The van der Waals surface area contributed by atoms with Gasteiger partial charge in [-0.05, 0) is 40.5 Å². The average molecular weight is 287 g/mol. The van der Waals surface area contributed by atoms with E-state index < -0.39 is 17.7 Å². The van der Waals surface area contributed by atoms with E-state index in [1.165, 1.54) is 31.0 Å². The molecule has 1 fully saturated rings. The lowest BCUT2D eigenvalue weighted by Crippen LogP contribution is -2.41. The Labute approximate surface area is 120 Å². The van der Waals surface area contributed by atoms with Crippen molar-refractivity contribution in [1.29, 1.82) is 0 Å². The Kier molecular flexibility index (Phi) is 6.17. The van der Waals surface area contributed by atoms with E-state index in [1.807, 2.05) is 0 Å². The maximum Gasteiger partial charge on any atom is 0.408 e. The second-order valence-corrected chi connectivity index (χ2v) is 7.37. The van der Waals surface area contributed by atoms with Crippen LogP contribution < -0.4 is 5.32 Å². The first-order valence-corrected chi connectivity index (χ1v) is 7.86. The Balaban J connectivity index is 2.33. The lowest BCUT2D eigenvalue weighted by Gasteiger charge is -2.23. The molecule has 0 aromatic rings. The topological polar surface area (TPSA) is 55.4 Å². The summed E-state index contributed by atoms with van der Waals surface area (Å²) in [6.07, 6.45) is 5.37. The van der Waals surface area contributed by atoms with Crippen molar-refractivity contribution in [2.45, 2.75) is 76.7 Å². The van der Waals surface area contributed by atoms with Crippen molar-refractivity contribution in [2.24, 2.45) is 0 Å². The Hall–Kier alpha value is -0.710. The number of carbonyl (C=O) groups excluding carboxylic acids is 2. The molecule has 0 radical (unpaired) electrons. The number of nitrogens with one attached hydrogen (secondary N) is 1. The Morgan fingerprint density at radius 2 is 1.79 bits per heavy atom. The lowest BCUT2D eigenvalue weighted by atomic mass is 10.0. The van der Waals surface area contributed by atoms with Gasteiger partial charge in [0, 0.05) is 5.25 Å². The first-order valence-electron chi connectivity index (χ1n) is 6.98. The summed E-state index contributed by atoms with van der Waals surface area (Å²) in [7, 11) is 0. The van der Waals surface area contributed by atoms with Crippen LogP contribution in [-0.4, -0.2) is 28.1 Å². The summed E-state index contributed by atoms with van der Waals surface area (Å²) in [5.41, 5.74) is -0.538. The predicted molar refractivity (Wildman–Crippen MR) is 78.3 cm³/mol. The molecular weight excluding hydrogens is 262 g/mol. The van der Waals surface area contributed by atoms with Gasteiger partial charge in [-0.25, -0.2) is 4.79 Å². The minimum absolute atomic E-state index is 0.0257. The van der Waals surface area contributed by atoms with Gasteiger partial charge in [0.1, 0.15) is 5.60 Å². The fourth-order valence-electron chi connectivity index (χ4n) is 1.99. The molecule has 110 valence electrons. The van der Waals surface area contributed by atoms with Crippen LogP contribution in [0.15, 0.2) is 0 Å². The molecule has 0 bridgehead atoms. The number of hydrogen-bond acceptors (Lipinski definition) is 4. The number of ether oxygens (including phenoxy) is 1. The zero-order valence-electron chi connectivity index (χ0n) is 12.3. The molecule has 1 N–H and O–H groups in total. The van der Waals surface area contributed by atoms with Gasteiger partial charge in [-0.3, -0.25) is 4.79 Å². The summed E-state index contributed by atoms with van der Waals surface area (Å²) in [5.74, 6) is 0. The van der Waals surface area contributed by atoms with E-state index in [9.17, 15) is 9.59 Å². The van der Waals surface area contributed by atoms with Crippen LogP contribution in [0.5, 0.6) is 0 Å². The number of carbonyl (C=O) groups is 2. The number of alkyl carbamates (subject to hydrolysis) is 1. The Morgan fingerprint density at radius 1 is 1.21 bits per heavy atom. The molecule has 0 aromatic carbocycles. The molecule has 0 spiro atoms. The highest BCUT2D eigenvalue weighted by Crippen LogP contribution is 2.29. The smallest absolute Gasteiger partial charge is 0.408 e. The Morgan fingerprint density at radius 3 is 2.32 bits per heavy atom. The van der Waals surface area contributed by atoms with E-state index in [1.54, 1.807) is 27.7 Å². The molecule has 0 aromatic heterocycles. The van der Waals surface area contributed by atoms with Crippen molar-refractivity contribution >= 4 is 23.0 Å². The monoisotopic (exact) mass is 287 g/mol. The second kappa shape index (κ2) is 7.17. The van der Waals surface area contributed by atoms with E-state index in [-0.39, 0.29) is 5.12 Å². The predicted octanol–water partition coefficient (Wildman–Crippen LogP) is 3.49. The minimum Gasteiger partial charge on any atom is -0.444 e. The van der Waals surface area contributed by atoms with Gasteiger partial charge in [-0.1, -0.05) is 31.0 Å². The fourth-order valence-corrected chi connectivity index (χ4v) is 3.15. The summed E-state index contributed by atoms with van der Waals surface area (Å²) < 4.78 is 5.14. The number of amides is 1. The van der Waals surface area contributed by atoms with Crippen LogP contribution in [0, 0.1) is 0 Å². The van der Waals surface area contributed by atoms with Crippen molar-refractivity contribution in [3.05, 3.63) is 0 Å². The highest BCUT2D eigenvalue weighted by atomic mass is 32.2. The van der Waals surface area contributed by atoms with Crippen molar-refractivity contribution in [2.75, 3.05) is 0 Å². The van der Waals surface area contributed by atoms with Crippen LogP contribution in [0.1, 0.15) is 59.8 Å². The average Bonchev–Trinajstić information content (AvgIpc) is 2.27. The van der Waals surface area contributed by atoms with Gasteiger partial charge in [-0.2, -0.15) is 0 Å². The van der Waals surface area contributed by atoms with Crippen LogP contribution >= 0.6 is 11.8 Å². The molecule has 4 nitrogen and oxygen atoms in total. The molecule has 0 aliphatic heterocycles. The van der Waals surface area contributed by atoms with Crippen LogP contribution in [0.2, 0.25) is 0 Å². The standard InChI is InChI=1S/C14H25NO3S/c1-10(15-13(17)18-14(2,3)4)12(16)19-11-8-6-5-7-9-11/h10-11H,5-9H2,1-4H3,(H,15,17)/t10-/m0/s1. The Bertz CT molecular complexity index is 319. The van der Waals surface area contributed by atoms with Crippen molar-refractivity contribution in [3.8, 4) is 0 Å². The molecule has 5 heteroatoms. The van der Waals surface area contributed by atoms with Crippen molar-refractivity contribution < 1.29 is 14.3 Å². The zero-order valence-corrected chi connectivity index (χ0v) is 13.1. The first kappa shape index (κ1) is 16.3. The summed E-state index contributed by atoms with van der Waals surface area (Å²) in [6, 6.07) is -0.498. The third-order valence-electron chi connectivity index (χ3n) is 2.92. The molecule has 1 atom stereocenters. The molecule has 0 unspecified atom stereocenters.